The van der Waals surface area contributed by atoms with Crippen molar-refractivity contribution in [3.8, 4) is 67.5 Å². The third kappa shape index (κ3) is 8.41. The molecule has 306 valence electrons. The zero-order valence-corrected chi connectivity index (χ0v) is 37.5. The van der Waals surface area contributed by atoms with E-state index in [0.717, 1.165) is 16.7 Å². The van der Waals surface area contributed by atoms with Gasteiger partial charge in [-0.3, -0.25) is 9.55 Å². The summed E-state index contributed by atoms with van der Waals surface area (Å²) in [5.74, 6) is 0.388. The third-order valence-electron chi connectivity index (χ3n) is 10.6. The molecule has 5 heteroatoms. The van der Waals surface area contributed by atoms with E-state index in [2.05, 4.69) is 31.8 Å². The van der Waals surface area contributed by atoms with Crippen LogP contribution in [0.4, 0.5) is 0 Å². The Balaban J connectivity index is 0.00000741. The van der Waals surface area contributed by atoms with E-state index in [0.29, 0.717) is 50.4 Å². The second-order valence-corrected chi connectivity index (χ2v) is 18.1. The first-order valence-corrected chi connectivity index (χ1v) is 19.7. The van der Waals surface area contributed by atoms with Gasteiger partial charge < -0.3 is 5.11 Å². The third-order valence-corrected chi connectivity index (χ3v) is 10.6. The Kier molecular flexibility index (Phi) is 8.19. The largest absolute Gasteiger partial charge is 0.507 e. The quantitative estimate of drug-likeness (QED) is 0.169. The van der Waals surface area contributed by atoms with Crippen molar-refractivity contribution >= 4 is 11.0 Å². The summed E-state index contributed by atoms with van der Waals surface area (Å²) < 4.78 is 97.1. The molecule has 2 aromatic heterocycles. The number of aromatic hydroxyl groups is 1. The van der Waals surface area contributed by atoms with E-state index in [1.807, 2.05) is 119 Å². The number of benzene rings is 6. The standard InChI is InChI=1S/C55H54N3O.Pt/c1-35-26-39(37-20-15-12-16-21-37)31-44(27-35)58-49-23-17-22-45(50(49)57-52(58)46-33-43(54(5,6)7)34-47(51(46)59)55(8,9)10)40-28-41(30-42(29-40)53(2,3)4)48-32-38(24-25-56-48)36-18-13-11-14-19-36;/h11-27,29-34,59H,1-10H3;/q-1;/i1D3,11D,13D,14D,18D,19D,24D,25D,32D;. The molecular formula is C55H54N3OPt-. The van der Waals surface area contributed by atoms with Gasteiger partial charge in [-0.2, -0.15) is 0 Å². The number of nitrogens with zero attached hydrogens (tertiary/aromatic N) is 3. The van der Waals surface area contributed by atoms with Crippen LogP contribution in [-0.4, -0.2) is 19.6 Å². The number of fused-ring (bicyclic) bond motifs is 1. The number of aryl methyl sites for hydroxylation is 1. The van der Waals surface area contributed by atoms with Crippen LogP contribution in [0.3, 0.4) is 0 Å². The Labute approximate surface area is 386 Å². The molecule has 0 saturated heterocycles. The summed E-state index contributed by atoms with van der Waals surface area (Å²) in [7, 11) is 0. The Morgan fingerprint density at radius 3 is 2.03 bits per heavy atom. The number of hydrogen-bond acceptors (Lipinski definition) is 3. The summed E-state index contributed by atoms with van der Waals surface area (Å²) in [6, 6.07) is 27.5. The molecule has 0 aliphatic rings. The van der Waals surface area contributed by atoms with Crippen LogP contribution < -0.4 is 0 Å². The average Bonchev–Trinajstić information content (AvgIpc) is 3.68. The van der Waals surface area contributed by atoms with Gasteiger partial charge >= 0.3 is 0 Å². The fourth-order valence-electron chi connectivity index (χ4n) is 7.33. The molecule has 4 nitrogen and oxygen atoms in total. The molecule has 0 saturated carbocycles. The summed E-state index contributed by atoms with van der Waals surface area (Å²) in [5.41, 5.74) is 5.24. The molecule has 0 aliphatic heterocycles. The van der Waals surface area contributed by atoms with Gasteiger partial charge in [-0.25, -0.2) is 4.98 Å². The Morgan fingerprint density at radius 1 is 0.650 bits per heavy atom. The predicted octanol–water partition coefficient (Wildman–Crippen LogP) is 14.5. The first kappa shape index (κ1) is 30.5. The molecule has 0 atom stereocenters. The molecule has 2 heterocycles. The maximum atomic E-state index is 12.4. The molecule has 0 bridgehead atoms. The Hall–Kier alpha value is -5.57. The fraction of sp³-hybridized carbons (Fsp3) is 0.236. The van der Waals surface area contributed by atoms with Crippen molar-refractivity contribution < 1.29 is 41.3 Å². The molecule has 0 aliphatic carbocycles. The summed E-state index contributed by atoms with van der Waals surface area (Å²) in [6.45, 7) is 16.0. The molecular weight excluding hydrogens is 914 g/mol. The number of rotatable bonds is 6. The van der Waals surface area contributed by atoms with Gasteiger partial charge in [-0.1, -0.05) is 164 Å². The summed E-state index contributed by atoms with van der Waals surface area (Å²) >= 11 is 0. The first-order chi connectivity index (χ1) is 32.5. The van der Waals surface area contributed by atoms with E-state index < -0.39 is 66.2 Å². The van der Waals surface area contributed by atoms with Gasteiger partial charge in [0.15, 0.2) is 0 Å². The topological polar surface area (TPSA) is 50.9 Å². The van der Waals surface area contributed by atoms with Crippen molar-refractivity contribution in [2.75, 3.05) is 0 Å². The SMILES string of the molecule is [2H]c1nc(-c2[c-]c(-c3cccc4c3nc(-c3cc(C(C)(C)C)cc(C(C)(C)C)c3O)n4-c3cc(-c4ccccc4)cc(C([2H])([2H])[2H])c3)cc(C(C)(C)C)c2)c([2H])c(-c2c([2H])c([2H])c([2H])c([2H])c2[2H])c1[2H].[Pt]. The maximum Gasteiger partial charge on any atom is 0.148 e. The van der Waals surface area contributed by atoms with Gasteiger partial charge in [0.1, 0.15) is 11.6 Å². The predicted molar refractivity (Wildman–Crippen MR) is 247 cm³/mol. The van der Waals surface area contributed by atoms with Gasteiger partial charge in [-0.05, 0) is 86.8 Å². The maximum absolute atomic E-state index is 12.4. The van der Waals surface area contributed by atoms with Crippen LogP contribution in [0.1, 0.15) is 99.6 Å². The van der Waals surface area contributed by atoms with E-state index in [1.165, 1.54) is 0 Å². The Bertz CT molecular complexity index is 3390. The minimum Gasteiger partial charge on any atom is -0.507 e. The van der Waals surface area contributed by atoms with Gasteiger partial charge in [-0.15, -0.1) is 29.3 Å². The number of phenols is 1. The monoisotopic (exact) mass is 978 g/mol. The van der Waals surface area contributed by atoms with E-state index in [-0.39, 0.29) is 60.2 Å². The van der Waals surface area contributed by atoms with Crippen LogP contribution in [0.15, 0.2) is 139 Å². The molecule has 0 amide bonds. The minimum absolute atomic E-state index is 0. The van der Waals surface area contributed by atoms with Crippen molar-refractivity contribution in [1.82, 2.24) is 14.5 Å². The number of hydrogen-bond donors (Lipinski definition) is 1. The smallest absolute Gasteiger partial charge is 0.148 e. The van der Waals surface area contributed by atoms with Crippen molar-refractivity contribution in [2.24, 2.45) is 0 Å². The van der Waals surface area contributed by atoms with Gasteiger partial charge in [0.2, 0.25) is 0 Å². The first-order valence-electron chi connectivity index (χ1n) is 25.2. The van der Waals surface area contributed by atoms with Gasteiger partial charge in [0.05, 0.1) is 27.6 Å². The molecule has 1 N–H and O–H groups in total. The number of phenolic OH excluding ortho intramolecular Hbond substituents is 1. The van der Waals surface area contributed by atoms with Crippen molar-refractivity contribution in [3.05, 3.63) is 168 Å². The molecule has 8 aromatic rings. The normalized spacial score (nSPS) is 14.9. The van der Waals surface area contributed by atoms with Crippen molar-refractivity contribution in [1.29, 1.82) is 0 Å². The average molecular weight is 979 g/mol. The summed E-state index contributed by atoms with van der Waals surface area (Å²) in [6.07, 6.45) is -0.560. The zero-order chi connectivity index (χ0) is 51.3. The molecule has 60 heavy (non-hydrogen) atoms. The molecule has 0 unspecified atom stereocenters. The second kappa shape index (κ2) is 16.1. The van der Waals surface area contributed by atoms with Crippen LogP contribution in [-0.2, 0) is 37.3 Å². The second-order valence-electron chi connectivity index (χ2n) is 18.1. The number of aromatic nitrogens is 3. The van der Waals surface area contributed by atoms with E-state index in [4.69, 9.17) is 18.7 Å². The molecule has 8 rings (SSSR count). The molecule has 0 radical (unpaired) electrons. The van der Waals surface area contributed by atoms with E-state index >= 15 is 0 Å². The number of para-hydroxylation sites is 1. The fourth-order valence-corrected chi connectivity index (χ4v) is 7.33. The van der Waals surface area contributed by atoms with Crippen LogP contribution >= 0.6 is 0 Å². The molecule has 6 aromatic carbocycles. The summed E-state index contributed by atoms with van der Waals surface area (Å²) in [5, 5.41) is 12.4. The van der Waals surface area contributed by atoms with Gasteiger partial charge in [0.25, 0.3) is 0 Å². The number of imidazole rings is 1. The zero-order valence-electron chi connectivity index (χ0n) is 46.3. The Morgan fingerprint density at radius 2 is 1.35 bits per heavy atom. The molecule has 0 fully saturated rings. The van der Waals surface area contributed by atoms with Crippen LogP contribution in [0.25, 0.3) is 72.7 Å². The van der Waals surface area contributed by atoms with E-state index in [9.17, 15) is 6.48 Å². The number of pyridine rings is 1. The van der Waals surface area contributed by atoms with Crippen LogP contribution in [0.5, 0.6) is 5.75 Å². The summed E-state index contributed by atoms with van der Waals surface area (Å²) in [4.78, 5) is 9.82. The van der Waals surface area contributed by atoms with Gasteiger partial charge in [0, 0.05) is 48.3 Å². The van der Waals surface area contributed by atoms with Crippen LogP contribution in [0.2, 0.25) is 0 Å². The van der Waals surface area contributed by atoms with E-state index in [1.54, 1.807) is 18.2 Å². The van der Waals surface area contributed by atoms with Crippen molar-refractivity contribution in [2.45, 2.75) is 85.4 Å². The van der Waals surface area contributed by atoms with Crippen molar-refractivity contribution in [3.63, 3.8) is 0 Å². The van der Waals surface area contributed by atoms with Crippen LogP contribution in [0, 0.1) is 12.9 Å². The molecule has 0 spiro atoms. The minimum atomic E-state index is -2.49.